The Morgan fingerprint density at radius 3 is 3.09 bits per heavy atom. The Morgan fingerprint density at radius 1 is 1.36 bits per heavy atom. The van der Waals surface area contributed by atoms with Crippen LogP contribution in [-0.4, -0.2) is 20.2 Å². The van der Waals surface area contributed by atoms with Gasteiger partial charge in [0, 0.05) is 35.8 Å². The summed E-state index contributed by atoms with van der Waals surface area (Å²) < 4.78 is 8.86. The van der Waals surface area contributed by atoms with E-state index in [0.29, 0.717) is 6.54 Å². The molecule has 0 amide bonds. The first-order valence-corrected chi connectivity index (χ1v) is 8.51. The maximum Gasteiger partial charge on any atom is 0.120 e. The molecule has 0 aliphatic carbocycles. The highest BCUT2D eigenvalue weighted by Crippen LogP contribution is 2.42. The number of nitrogens with zero attached hydrogens (tertiary/aromatic N) is 1. The van der Waals surface area contributed by atoms with Crippen LogP contribution in [0.5, 0.6) is 5.75 Å². The summed E-state index contributed by atoms with van der Waals surface area (Å²) in [5.74, 6) is 3.47. The van der Waals surface area contributed by atoms with Gasteiger partial charge in [0.25, 0.3) is 0 Å². The van der Waals surface area contributed by atoms with Crippen molar-refractivity contribution in [3.05, 3.63) is 47.0 Å². The Morgan fingerprint density at radius 2 is 2.27 bits per heavy atom. The van der Waals surface area contributed by atoms with Crippen LogP contribution in [0.3, 0.4) is 0 Å². The first-order chi connectivity index (χ1) is 10.8. The van der Waals surface area contributed by atoms with Crippen molar-refractivity contribution in [2.24, 2.45) is 0 Å². The summed E-state index contributed by atoms with van der Waals surface area (Å²) in [5, 5.41) is 5.39. The lowest BCUT2D eigenvalue weighted by Gasteiger charge is -2.29. The van der Waals surface area contributed by atoms with E-state index in [9.17, 15) is 0 Å². The van der Waals surface area contributed by atoms with Gasteiger partial charge in [0.1, 0.15) is 5.75 Å². The second-order valence-corrected chi connectivity index (χ2v) is 6.82. The number of thiophene rings is 1. The van der Waals surface area contributed by atoms with E-state index in [4.69, 9.17) is 11.2 Å². The third-order valence-corrected chi connectivity index (χ3v) is 5.50. The van der Waals surface area contributed by atoms with Gasteiger partial charge in [-0.2, -0.15) is 0 Å². The van der Waals surface area contributed by atoms with Gasteiger partial charge in [-0.15, -0.1) is 17.8 Å². The van der Waals surface area contributed by atoms with Crippen LogP contribution in [0.25, 0.3) is 6.08 Å². The van der Waals surface area contributed by atoms with Gasteiger partial charge in [-0.05, 0) is 29.7 Å². The van der Waals surface area contributed by atoms with Crippen LogP contribution in [-0.2, 0) is 0 Å². The SMILES string of the molecule is C#CCNCC1=Cc2ccsc2SN1c1cccc(OC)c1. The number of rotatable bonds is 5. The average Bonchev–Trinajstić information content (AvgIpc) is 3.01. The number of hydrogen-bond acceptors (Lipinski definition) is 5. The van der Waals surface area contributed by atoms with Crippen molar-refractivity contribution in [3.63, 3.8) is 0 Å². The summed E-state index contributed by atoms with van der Waals surface area (Å²) in [6, 6.07) is 10.2. The van der Waals surface area contributed by atoms with Gasteiger partial charge in [0.05, 0.1) is 23.6 Å². The molecule has 1 aromatic carbocycles. The number of terminal acetylenes is 1. The van der Waals surface area contributed by atoms with Crippen LogP contribution in [0.15, 0.2) is 45.6 Å². The lowest BCUT2D eigenvalue weighted by Crippen LogP contribution is -2.27. The lowest BCUT2D eigenvalue weighted by molar-refractivity contribution is 0.415. The molecule has 0 spiro atoms. The van der Waals surface area contributed by atoms with Crippen molar-refractivity contribution < 1.29 is 4.74 Å². The first kappa shape index (κ1) is 15.0. The zero-order valence-corrected chi connectivity index (χ0v) is 13.8. The summed E-state index contributed by atoms with van der Waals surface area (Å²) in [4.78, 5) is 0. The molecule has 0 atom stereocenters. The second-order valence-electron chi connectivity index (χ2n) is 4.69. The smallest absolute Gasteiger partial charge is 0.120 e. The Labute approximate surface area is 139 Å². The molecule has 112 valence electrons. The summed E-state index contributed by atoms with van der Waals surface area (Å²) in [5.41, 5.74) is 3.54. The van der Waals surface area contributed by atoms with Gasteiger partial charge in [0.2, 0.25) is 0 Å². The van der Waals surface area contributed by atoms with Crippen LogP contribution < -0.4 is 14.4 Å². The van der Waals surface area contributed by atoms with Gasteiger partial charge >= 0.3 is 0 Å². The fraction of sp³-hybridized carbons (Fsp3) is 0.176. The van der Waals surface area contributed by atoms with Gasteiger partial charge in [-0.3, -0.25) is 4.31 Å². The Hall–Kier alpha value is -1.87. The van der Waals surface area contributed by atoms with Gasteiger partial charge < -0.3 is 10.1 Å². The fourth-order valence-corrected chi connectivity index (χ4v) is 4.22. The zero-order valence-electron chi connectivity index (χ0n) is 12.2. The molecule has 0 fully saturated rings. The largest absolute Gasteiger partial charge is 0.497 e. The molecule has 22 heavy (non-hydrogen) atoms. The predicted octanol–water partition coefficient (Wildman–Crippen LogP) is 3.85. The van der Waals surface area contributed by atoms with Crippen LogP contribution in [0.2, 0.25) is 0 Å². The zero-order chi connectivity index (χ0) is 15.4. The summed E-state index contributed by atoms with van der Waals surface area (Å²) in [7, 11) is 1.69. The quantitative estimate of drug-likeness (QED) is 0.512. The second kappa shape index (κ2) is 6.93. The number of ether oxygens (including phenoxy) is 1. The van der Waals surface area contributed by atoms with E-state index in [1.807, 2.05) is 18.2 Å². The minimum Gasteiger partial charge on any atom is -0.497 e. The summed E-state index contributed by atoms with van der Waals surface area (Å²) in [6.07, 6.45) is 7.54. The lowest BCUT2D eigenvalue weighted by atomic mass is 10.2. The molecule has 0 bridgehead atoms. The molecular formula is C17H16N2OS2. The molecule has 3 nitrogen and oxygen atoms in total. The molecule has 3 rings (SSSR count). The normalized spacial score (nSPS) is 13.3. The van der Waals surface area contributed by atoms with Crippen LogP contribution in [0, 0.1) is 12.3 Å². The van der Waals surface area contributed by atoms with Crippen LogP contribution in [0.1, 0.15) is 5.56 Å². The molecule has 0 saturated carbocycles. The molecule has 0 radical (unpaired) electrons. The number of methoxy groups -OCH3 is 1. The van der Waals surface area contributed by atoms with Crippen molar-refractivity contribution in [3.8, 4) is 18.1 Å². The molecule has 5 heteroatoms. The third kappa shape index (κ3) is 3.14. The Kier molecular flexibility index (Phi) is 4.74. The highest BCUT2D eigenvalue weighted by Gasteiger charge is 2.21. The number of hydrogen-bond donors (Lipinski definition) is 1. The maximum absolute atomic E-state index is 5.34. The molecule has 1 aliphatic rings. The molecule has 1 aromatic heterocycles. The number of nitrogens with one attached hydrogen (secondary N) is 1. The third-order valence-electron chi connectivity index (χ3n) is 3.24. The predicted molar refractivity (Wildman–Crippen MR) is 95.3 cm³/mol. The molecule has 0 saturated heterocycles. The minimum absolute atomic E-state index is 0.560. The van der Waals surface area contributed by atoms with Gasteiger partial charge in [-0.25, -0.2) is 0 Å². The molecule has 1 aliphatic heterocycles. The van der Waals surface area contributed by atoms with E-state index >= 15 is 0 Å². The highest BCUT2D eigenvalue weighted by molar-refractivity contribution is 8.02. The fourth-order valence-electron chi connectivity index (χ4n) is 2.21. The Bertz CT molecular complexity index is 730. The average molecular weight is 328 g/mol. The number of fused-ring (bicyclic) bond motifs is 1. The van der Waals surface area contributed by atoms with Crippen molar-refractivity contribution in [1.29, 1.82) is 0 Å². The van der Waals surface area contributed by atoms with Crippen molar-refractivity contribution in [2.75, 3.05) is 24.5 Å². The van der Waals surface area contributed by atoms with E-state index in [-0.39, 0.29) is 0 Å². The van der Waals surface area contributed by atoms with Crippen LogP contribution >= 0.6 is 23.3 Å². The summed E-state index contributed by atoms with van der Waals surface area (Å²) in [6.45, 7) is 1.29. The van der Waals surface area contributed by atoms with Crippen LogP contribution in [0.4, 0.5) is 5.69 Å². The van der Waals surface area contributed by atoms with Crippen molar-refractivity contribution in [2.45, 2.75) is 4.21 Å². The standard InChI is InChI=1S/C17H16N2OS2/c1-3-8-18-12-15-10-13-7-9-21-17(13)22-19(15)14-5-4-6-16(11-14)20-2/h1,4-7,9-11,18H,8,12H2,2H3. The molecule has 1 N–H and O–H groups in total. The van der Waals surface area contributed by atoms with E-state index < -0.39 is 0 Å². The number of anilines is 1. The van der Waals surface area contributed by atoms with Gasteiger partial charge in [0.15, 0.2) is 0 Å². The van der Waals surface area contributed by atoms with E-state index in [2.05, 4.69) is 39.1 Å². The molecule has 0 unspecified atom stereocenters. The van der Waals surface area contributed by atoms with E-state index in [1.54, 1.807) is 30.4 Å². The molecule has 2 heterocycles. The van der Waals surface area contributed by atoms with E-state index in [0.717, 1.165) is 18.0 Å². The maximum atomic E-state index is 5.34. The minimum atomic E-state index is 0.560. The monoisotopic (exact) mass is 328 g/mol. The van der Waals surface area contributed by atoms with E-state index in [1.165, 1.54) is 15.5 Å². The Balaban J connectivity index is 1.92. The van der Waals surface area contributed by atoms with Crippen molar-refractivity contribution >= 4 is 35.0 Å². The first-order valence-electron chi connectivity index (χ1n) is 6.86. The highest BCUT2D eigenvalue weighted by atomic mass is 32.2. The topological polar surface area (TPSA) is 24.5 Å². The molecule has 2 aromatic rings. The van der Waals surface area contributed by atoms with Gasteiger partial charge in [-0.1, -0.05) is 12.0 Å². The summed E-state index contributed by atoms with van der Waals surface area (Å²) >= 11 is 3.50. The number of benzene rings is 1. The van der Waals surface area contributed by atoms with Crippen molar-refractivity contribution in [1.82, 2.24) is 5.32 Å². The molecular weight excluding hydrogens is 312 g/mol.